The molecule has 1 saturated heterocycles. The predicted octanol–water partition coefficient (Wildman–Crippen LogP) is 0.348. The number of aromatic nitrogens is 3. The molecule has 106 valence electrons. The molecule has 1 aliphatic heterocycles. The van der Waals surface area contributed by atoms with Gasteiger partial charge in [-0.05, 0) is 32.9 Å². The minimum atomic E-state index is 0.101. The van der Waals surface area contributed by atoms with E-state index in [1.54, 1.807) is 6.33 Å². The Balaban J connectivity index is 1.61. The topological polar surface area (TPSA) is 63.1 Å². The Bertz CT molecular complexity index is 417. The van der Waals surface area contributed by atoms with Crippen molar-refractivity contribution in [3.8, 4) is 0 Å². The Morgan fingerprint density at radius 3 is 3.00 bits per heavy atom. The second-order valence-electron chi connectivity index (χ2n) is 5.27. The van der Waals surface area contributed by atoms with Crippen molar-refractivity contribution in [3.63, 3.8) is 0 Å². The van der Waals surface area contributed by atoms with Gasteiger partial charge in [0.1, 0.15) is 12.2 Å². The third-order valence-corrected chi connectivity index (χ3v) is 3.85. The molecule has 2 heterocycles. The van der Waals surface area contributed by atoms with Crippen LogP contribution in [0, 0.1) is 0 Å². The predicted molar refractivity (Wildman–Crippen MR) is 72.6 cm³/mol. The Morgan fingerprint density at radius 1 is 1.53 bits per heavy atom. The van der Waals surface area contributed by atoms with Crippen molar-refractivity contribution in [1.29, 1.82) is 0 Å². The molecule has 19 heavy (non-hydrogen) atoms. The first-order chi connectivity index (χ1) is 9.16. The molecule has 0 saturated carbocycles. The highest BCUT2D eigenvalue weighted by molar-refractivity contribution is 5.75. The molecule has 0 spiro atoms. The highest BCUT2D eigenvalue weighted by atomic mass is 16.1. The normalized spacial score (nSPS) is 19.8. The van der Waals surface area contributed by atoms with E-state index in [0.29, 0.717) is 18.9 Å². The first-order valence-electron chi connectivity index (χ1n) is 6.96. The highest BCUT2D eigenvalue weighted by Crippen LogP contribution is 2.16. The number of hydrogen-bond donors (Lipinski definition) is 1. The lowest BCUT2D eigenvalue weighted by Gasteiger charge is -2.19. The molecule has 6 nitrogen and oxygen atoms in total. The average Bonchev–Trinajstić information content (AvgIpc) is 2.97. The molecule has 0 bridgehead atoms. The van der Waals surface area contributed by atoms with E-state index in [1.165, 1.54) is 19.4 Å². The van der Waals surface area contributed by atoms with Crippen molar-refractivity contribution in [2.75, 3.05) is 20.1 Å². The maximum absolute atomic E-state index is 11.7. The molecule has 1 amide bonds. The number of amides is 1. The van der Waals surface area contributed by atoms with Crippen LogP contribution in [0.5, 0.6) is 0 Å². The second kappa shape index (κ2) is 6.65. The van der Waals surface area contributed by atoms with Gasteiger partial charge in [0.25, 0.3) is 0 Å². The second-order valence-corrected chi connectivity index (χ2v) is 5.27. The molecule has 1 N–H and O–H groups in total. The van der Waals surface area contributed by atoms with Crippen LogP contribution in [-0.4, -0.2) is 51.8 Å². The van der Waals surface area contributed by atoms with Gasteiger partial charge in [-0.15, -0.1) is 10.2 Å². The van der Waals surface area contributed by atoms with E-state index in [1.807, 2.05) is 11.6 Å². The number of rotatable bonds is 6. The molecular weight excluding hydrogens is 242 g/mol. The van der Waals surface area contributed by atoms with Gasteiger partial charge in [-0.3, -0.25) is 4.79 Å². The van der Waals surface area contributed by atoms with E-state index >= 15 is 0 Å². The van der Waals surface area contributed by atoms with E-state index in [2.05, 4.69) is 27.5 Å². The van der Waals surface area contributed by atoms with E-state index in [9.17, 15) is 4.79 Å². The van der Waals surface area contributed by atoms with Gasteiger partial charge in [-0.1, -0.05) is 0 Å². The molecule has 1 aromatic rings. The summed E-state index contributed by atoms with van der Waals surface area (Å²) in [7, 11) is 4.05. The molecular formula is C13H23N5O. The number of carbonyl (C=O) groups excluding carboxylic acids is 1. The van der Waals surface area contributed by atoms with Crippen LogP contribution in [0.1, 0.15) is 31.5 Å². The third-order valence-electron chi connectivity index (χ3n) is 3.85. The zero-order valence-electron chi connectivity index (χ0n) is 11.8. The maximum Gasteiger partial charge on any atom is 0.220 e. The van der Waals surface area contributed by atoms with Crippen LogP contribution in [0.4, 0.5) is 0 Å². The van der Waals surface area contributed by atoms with Gasteiger partial charge >= 0.3 is 0 Å². The summed E-state index contributed by atoms with van der Waals surface area (Å²) in [5, 5.41) is 10.8. The van der Waals surface area contributed by atoms with Crippen molar-refractivity contribution < 1.29 is 4.79 Å². The van der Waals surface area contributed by atoms with Gasteiger partial charge in [0, 0.05) is 32.5 Å². The monoisotopic (exact) mass is 265 g/mol. The first-order valence-corrected chi connectivity index (χ1v) is 6.96. The lowest BCUT2D eigenvalue weighted by molar-refractivity contribution is -0.121. The lowest BCUT2D eigenvalue weighted by atomic mass is 10.1. The molecule has 6 heteroatoms. The smallest absolute Gasteiger partial charge is 0.220 e. The molecule has 1 fully saturated rings. The van der Waals surface area contributed by atoms with Gasteiger partial charge in [-0.2, -0.15) is 0 Å². The number of carbonyl (C=O) groups is 1. The standard InChI is InChI=1S/C13H23N5O/c1-17-9-3-4-11(17)7-8-14-13(19)6-5-12-16-15-10-18(12)2/h10-11H,3-9H2,1-2H3,(H,14,19)/t11-/m0/s1. The highest BCUT2D eigenvalue weighted by Gasteiger charge is 2.20. The fourth-order valence-electron chi connectivity index (χ4n) is 2.57. The van der Waals surface area contributed by atoms with Crippen molar-refractivity contribution in [2.45, 2.75) is 38.1 Å². The van der Waals surface area contributed by atoms with Crippen LogP contribution in [0.25, 0.3) is 0 Å². The van der Waals surface area contributed by atoms with Crippen molar-refractivity contribution >= 4 is 5.91 Å². The summed E-state index contributed by atoms with van der Waals surface area (Å²) in [5.74, 6) is 0.953. The fourth-order valence-corrected chi connectivity index (χ4v) is 2.57. The summed E-state index contributed by atoms with van der Waals surface area (Å²) in [6.07, 6.45) is 6.36. The van der Waals surface area contributed by atoms with Crippen molar-refractivity contribution in [3.05, 3.63) is 12.2 Å². The Labute approximate surface area is 114 Å². The van der Waals surface area contributed by atoms with Crippen molar-refractivity contribution in [1.82, 2.24) is 25.0 Å². The van der Waals surface area contributed by atoms with Crippen LogP contribution < -0.4 is 5.32 Å². The Kier molecular flexibility index (Phi) is 4.90. The zero-order valence-corrected chi connectivity index (χ0v) is 11.8. The average molecular weight is 265 g/mol. The summed E-state index contributed by atoms with van der Waals surface area (Å²) in [6, 6.07) is 0.638. The lowest BCUT2D eigenvalue weighted by Crippen LogP contribution is -2.31. The summed E-state index contributed by atoms with van der Waals surface area (Å²) >= 11 is 0. The minimum absolute atomic E-state index is 0.101. The number of hydrogen-bond acceptors (Lipinski definition) is 4. The van der Waals surface area contributed by atoms with Gasteiger partial charge in [0.05, 0.1) is 0 Å². The molecule has 1 atom stereocenters. The Morgan fingerprint density at radius 2 is 2.37 bits per heavy atom. The molecule has 0 aromatic carbocycles. The summed E-state index contributed by atoms with van der Waals surface area (Å²) < 4.78 is 1.85. The minimum Gasteiger partial charge on any atom is -0.356 e. The van der Waals surface area contributed by atoms with Crippen LogP contribution in [0.2, 0.25) is 0 Å². The molecule has 0 aliphatic carbocycles. The van der Waals surface area contributed by atoms with E-state index in [0.717, 1.165) is 18.8 Å². The van der Waals surface area contributed by atoms with Gasteiger partial charge in [0.15, 0.2) is 0 Å². The van der Waals surface area contributed by atoms with Gasteiger partial charge in [-0.25, -0.2) is 0 Å². The van der Waals surface area contributed by atoms with Crippen LogP contribution in [0.3, 0.4) is 0 Å². The van der Waals surface area contributed by atoms with Crippen LogP contribution in [-0.2, 0) is 18.3 Å². The van der Waals surface area contributed by atoms with Gasteiger partial charge in [0.2, 0.25) is 5.91 Å². The number of aryl methyl sites for hydroxylation is 2. The Hall–Kier alpha value is -1.43. The quantitative estimate of drug-likeness (QED) is 0.806. The summed E-state index contributed by atoms with van der Waals surface area (Å²) in [4.78, 5) is 14.1. The maximum atomic E-state index is 11.7. The van der Waals surface area contributed by atoms with E-state index in [-0.39, 0.29) is 5.91 Å². The van der Waals surface area contributed by atoms with E-state index in [4.69, 9.17) is 0 Å². The third kappa shape index (κ3) is 4.02. The molecule has 2 rings (SSSR count). The van der Waals surface area contributed by atoms with Crippen LogP contribution >= 0.6 is 0 Å². The summed E-state index contributed by atoms with van der Waals surface area (Å²) in [5.41, 5.74) is 0. The molecule has 0 radical (unpaired) electrons. The summed E-state index contributed by atoms with van der Waals surface area (Å²) in [6.45, 7) is 1.96. The number of nitrogens with zero attached hydrogens (tertiary/aromatic N) is 4. The largest absolute Gasteiger partial charge is 0.356 e. The van der Waals surface area contributed by atoms with Gasteiger partial charge < -0.3 is 14.8 Å². The molecule has 1 aliphatic rings. The van der Waals surface area contributed by atoms with Crippen LogP contribution in [0.15, 0.2) is 6.33 Å². The van der Waals surface area contributed by atoms with Crippen molar-refractivity contribution in [2.24, 2.45) is 7.05 Å². The zero-order chi connectivity index (χ0) is 13.7. The molecule has 1 aromatic heterocycles. The fraction of sp³-hybridized carbons (Fsp3) is 0.769. The number of nitrogens with one attached hydrogen (secondary N) is 1. The molecule has 0 unspecified atom stereocenters. The SMILES string of the molecule is CN1CCC[C@H]1CCNC(=O)CCc1nncn1C. The number of likely N-dealkylation sites (tertiary alicyclic amines) is 1. The first kappa shape index (κ1) is 14.0. The van der Waals surface area contributed by atoms with E-state index < -0.39 is 0 Å².